The zero-order chi connectivity index (χ0) is 11.7. The van der Waals surface area contributed by atoms with Crippen LogP contribution in [0.15, 0.2) is 40.4 Å². The molecule has 0 radical (unpaired) electrons. The SMILES string of the molecule is ClC(Cc1nc2ccccc2o1)c1cncs1. The average molecular weight is 265 g/mol. The minimum atomic E-state index is -0.129. The van der Waals surface area contributed by atoms with E-state index in [0.29, 0.717) is 12.3 Å². The molecule has 17 heavy (non-hydrogen) atoms. The summed E-state index contributed by atoms with van der Waals surface area (Å²) in [6.07, 6.45) is 2.36. The maximum Gasteiger partial charge on any atom is 0.197 e. The minimum Gasteiger partial charge on any atom is -0.441 e. The Hall–Kier alpha value is -1.39. The number of oxazole rings is 1. The lowest BCUT2D eigenvalue weighted by molar-refractivity contribution is 0.526. The monoisotopic (exact) mass is 264 g/mol. The van der Waals surface area contributed by atoms with E-state index < -0.39 is 0 Å². The van der Waals surface area contributed by atoms with E-state index in [1.165, 1.54) is 0 Å². The fraction of sp³-hybridized carbons (Fsp3) is 0.167. The lowest BCUT2D eigenvalue weighted by Gasteiger charge is -2.01. The maximum atomic E-state index is 6.28. The molecule has 0 amide bonds. The van der Waals surface area contributed by atoms with Gasteiger partial charge in [0, 0.05) is 17.5 Å². The topological polar surface area (TPSA) is 38.9 Å². The van der Waals surface area contributed by atoms with Crippen LogP contribution in [0.25, 0.3) is 11.1 Å². The number of nitrogens with zero attached hydrogens (tertiary/aromatic N) is 2. The Bertz CT molecular complexity index is 587. The molecule has 0 aliphatic heterocycles. The third-order valence-corrected chi connectivity index (χ3v) is 3.86. The Morgan fingerprint density at radius 1 is 1.35 bits per heavy atom. The summed E-state index contributed by atoms with van der Waals surface area (Å²) in [5.41, 5.74) is 3.45. The van der Waals surface area contributed by atoms with Crippen molar-refractivity contribution in [3.8, 4) is 0 Å². The largest absolute Gasteiger partial charge is 0.441 e. The molecular weight excluding hydrogens is 256 g/mol. The average Bonchev–Trinajstić information content (AvgIpc) is 2.97. The quantitative estimate of drug-likeness (QED) is 0.675. The third-order valence-electron chi connectivity index (χ3n) is 2.45. The van der Waals surface area contributed by atoms with Gasteiger partial charge in [0.05, 0.1) is 10.9 Å². The van der Waals surface area contributed by atoms with Crippen LogP contribution in [0.5, 0.6) is 0 Å². The van der Waals surface area contributed by atoms with Crippen molar-refractivity contribution < 1.29 is 4.42 Å². The standard InChI is InChI=1S/C12H9ClN2OS/c13-8(11-6-14-7-17-11)5-12-15-9-3-1-2-4-10(9)16-12/h1-4,6-8H,5H2. The van der Waals surface area contributed by atoms with Crippen molar-refractivity contribution >= 4 is 34.0 Å². The second kappa shape index (κ2) is 4.47. The first kappa shape index (κ1) is 10.7. The molecule has 0 fully saturated rings. The fourth-order valence-corrected chi connectivity index (χ4v) is 2.58. The van der Waals surface area contributed by atoms with E-state index in [0.717, 1.165) is 16.0 Å². The highest BCUT2D eigenvalue weighted by atomic mass is 35.5. The summed E-state index contributed by atoms with van der Waals surface area (Å²) in [4.78, 5) is 9.44. The molecule has 1 unspecified atom stereocenters. The maximum absolute atomic E-state index is 6.28. The number of fused-ring (bicyclic) bond motifs is 1. The molecule has 1 aromatic carbocycles. The summed E-state index contributed by atoms with van der Waals surface area (Å²) < 4.78 is 5.63. The second-order valence-corrected chi connectivity index (χ2v) is 5.10. The Kier molecular flexibility index (Phi) is 2.82. The van der Waals surface area contributed by atoms with Crippen molar-refractivity contribution in [3.05, 3.63) is 46.7 Å². The molecule has 0 aliphatic carbocycles. The Labute approximate surface area is 107 Å². The van der Waals surface area contributed by atoms with Crippen molar-refractivity contribution in [2.75, 3.05) is 0 Å². The smallest absolute Gasteiger partial charge is 0.197 e. The molecule has 1 atom stereocenters. The van der Waals surface area contributed by atoms with Crippen LogP contribution in [-0.4, -0.2) is 9.97 Å². The summed E-state index contributed by atoms with van der Waals surface area (Å²) in [7, 11) is 0. The zero-order valence-corrected chi connectivity index (χ0v) is 10.4. The zero-order valence-electron chi connectivity index (χ0n) is 8.84. The molecule has 3 aromatic rings. The van der Waals surface area contributed by atoms with Crippen LogP contribution in [0, 0.1) is 0 Å². The highest BCUT2D eigenvalue weighted by Crippen LogP contribution is 2.28. The summed E-state index contributed by atoms with van der Waals surface area (Å²) >= 11 is 7.82. The van der Waals surface area contributed by atoms with E-state index in [-0.39, 0.29) is 5.38 Å². The first-order valence-electron chi connectivity index (χ1n) is 5.20. The number of hydrogen-bond donors (Lipinski definition) is 0. The fourth-order valence-electron chi connectivity index (χ4n) is 1.64. The Morgan fingerprint density at radius 2 is 2.24 bits per heavy atom. The van der Waals surface area contributed by atoms with E-state index in [1.54, 1.807) is 23.0 Å². The Balaban J connectivity index is 1.85. The highest BCUT2D eigenvalue weighted by Gasteiger charge is 2.14. The van der Waals surface area contributed by atoms with E-state index in [4.69, 9.17) is 16.0 Å². The number of benzene rings is 1. The normalized spacial score (nSPS) is 13.0. The van der Waals surface area contributed by atoms with Gasteiger partial charge in [0.15, 0.2) is 11.5 Å². The van der Waals surface area contributed by atoms with Crippen LogP contribution in [-0.2, 0) is 6.42 Å². The Morgan fingerprint density at radius 3 is 3.00 bits per heavy atom. The number of thiazole rings is 1. The molecule has 2 heterocycles. The number of aromatic nitrogens is 2. The molecule has 86 valence electrons. The number of alkyl halides is 1. The lowest BCUT2D eigenvalue weighted by atomic mass is 10.3. The van der Waals surface area contributed by atoms with Crippen LogP contribution >= 0.6 is 22.9 Å². The molecule has 0 spiro atoms. The lowest BCUT2D eigenvalue weighted by Crippen LogP contribution is -1.93. The van der Waals surface area contributed by atoms with Crippen molar-refractivity contribution in [1.82, 2.24) is 9.97 Å². The summed E-state index contributed by atoms with van der Waals surface area (Å²) in [5, 5.41) is -0.129. The first-order chi connectivity index (χ1) is 8.33. The van der Waals surface area contributed by atoms with E-state index in [1.807, 2.05) is 24.3 Å². The van der Waals surface area contributed by atoms with Gasteiger partial charge in [-0.25, -0.2) is 4.98 Å². The van der Waals surface area contributed by atoms with Gasteiger partial charge in [-0.3, -0.25) is 4.98 Å². The predicted octanol–water partition coefficient (Wildman–Crippen LogP) is 3.81. The molecular formula is C12H9ClN2OS. The minimum absolute atomic E-state index is 0.129. The van der Waals surface area contributed by atoms with Crippen molar-refractivity contribution in [2.24, 2.45) is 0 Å². The van der Waals surface area contributed by atoms with Crippen LogP contribution in [0.3, 0.4) is 0 Å². The highest BCUT2D eigenvalue weighted by molar-refractivity contribution is 7.09. The van der Waals surface area contributed by atoms with Crippen molar-refractivity contribution in [3.63, 3.8) is 0 Å². The van der Waals surface area contributed by atoms with Crippen LogP contribution in [0.2, 0.25) is 0 Å². The molecule has 0 saturated heterocycles. The van der Waals surface area contributed by atoms with E-state index in [2.05, 4.69) is 9.97 Å². The van der Waals surface area contributed by atoms with Crippen LogP contribution < -0.4 is 0 Å². The van der Waals surface area contributed by atoms with Gasteiger partial charge in [-0.2, -0.15) is 0 Å². The molecule has 2 aromatic heterocycles. The van der Waals surface area contributed by atoms with Gasteiger partial charge in [-0.1, -0.05) is 12.1 Å². The molecule has 0 N–H and O–H groups in total. The number of halogens is 1. The van der Waals surface area contributed by atoms with E-state index in [9.17, 15) is 0 Å². The molecule has 5 heteroatoms. The number of para-hydroxylation sites is 2. The predicted molar refractivity (Wildman–Crippen MR) is 68.4 cm³/mol. The van der Waals surface area contributed by atoms with Gasteiger partial charge >= 0.3 is 0 Å². The van der Waals surface area contributed by atoms with Crippen LogP contribution in [0.4, 0.5) is 0 Å². The summed E-state index contributed by atoms with van der Waals surface area (Å²) in [6, 6.07) is 7.70. The van der Waals surface area contributed by atoms with Gasteiger partial charge in [-0.05, 0) is 12.1 Å². The summed E-state index contributed by atoms with van der Waals surface area (Å²) in [6.45, 7) is 0. The van der Waals surface area contributed by atoms with Crippen molar-refractivity contribution in [2.45, 2.75) is 11.8 Å². The number of rotatable bonds is 3. The van der Waals surface area contributed by atoms with Gasteiger partial charge in [0.25, 0.3) is 0 Å². The van der Waals surface area contributed by atoms with Gasteiger partial charge in [-0.15, -0.1) is 22.9 Å². The molecule has 0 saturated carbocycles. The second-order valence-electron chi connectivity index (χ2n) is 3.65. The molecule has 0 aliphatic rings. The van der Waals surface area contributed by atoms with Crippen LogP contribution in [0.1, 0.15) is 16.1 Å². The molecule has 3 nitrogen and oxygen atoms in total. The molecule has 3 rings (SSSR count). The van der Waals surface area contributed by atoms with Gasteiger partial charge < -0.3 is 4.42 Å². The molecule has 0 bridgehead atoms. The number of hydrogen-bond acceptors (Lipinski definition) is 4. The van der Waals surface area contributed by atoms with Crippen molar-refractivity contribution in [1.29, 1.82) is 0 Å². The summed E-state index contributed by atoms with van der Waals surface area (Å²) in [5.74, 6) is 0.666. The first-order valence-corrected chi connectivity index (χ1v) is 6.51. The van der Waals surface area contributed by atoms with Gasteiger partial charge in [0.2, 0.25) is 0 Å². The third kappa shape index (κ3) is 2.18. The van der Waals surface area contributed by atoms with Gasteiger partial charge in [0.1, 0.15) is 5.52 Å². The van der Waals surface area contributed by atoms with E-state index >= 15 is 0 Å².